The fourth-order valence-corrected chi connectivity index (χ4v) is 3.92. The smallest absolute Gasteiger partial charge is 0.253 e. The molecule has 2 fully saturated rings. The highest BCUT2D eigenvalue weighted by atomic mass is 32.2. The maximum absolute atomic E-state index is 11.4. The molecule has 166 valence electrons. The van der Waals surface area contributed by atoms with Crippen LogP contribution in [-0.4, -0.2) is 42.7 Å². The Hall–Kier alpha value is -2.08. The lowest BCUT2D eigenvalue weighted by atomic mass is 9.96. The van der Waals surface area contributed by atoms with Gasteiger partial charge in [-0.15, -0.1) is 0 Å². The topological polar surface area (TPSA) is 44.4 Å². The van der Waals surface area contributed by atoms with E-state index < -0.39 is 0 Å². The number of likely N-dealkylation sites (tertiary alicyclic amines) is 1. The molecule has 1 saturated carbocycles. The lowest BCUT2D eigenvalue weighted by molar-refractivity contribution is -0.114. The zero-order valence-electron chi connectivity index (χ0n) is 18.5. The van der Waals surface area contributed by atoms with Crippen LogP contribution in [0.3, 0.4) is 0 Å². The first-order valence-corrected chi connectivity index (χ1v) is 12.5. The van der Waals surface area contributed by atoms with E-state index in [9.17, 15) is 4.79 Å². The highest BCUT2D eigenvalue weighted by Gasteiger charge is 2.24. The number of nitrogens with one attached hydrogen (secondary N) is 2. The van der Waals surface area contributed by atoms with Crippen LogP contribution in [0.2, 0.25) is 0 Å². The number of piperidine rings is 1. The third kappa shape index (κ3) is 9.72. The third-order valence-corrected chi connectivity index (χ3v) is 6.07. The predicted octanol–water partition coefficient (Wildman–Crippen LogP) is 4.74. The molecule has 2 aliphatic rings. The van der Waals surface area contributed by atoms with Crippen molar-refractivity contribution in [3.05, 3.63) is 77.9 Å². The normalized spacial score (nSPS) is 17.2. The van der Waals surface area contributed by atoms with Gasteiger partial charge in [0.2, 0.25) is 0 Å². The van der Waals surface area contributed by atoms with Gasteiger partial charge < -0.3 is 5.32 Å². The molecule has 4 rings (SSSR count). The predicted molar refractivity (Wildman–Crippen MR) is 133 cm³/mol. The van der Waals surface area contributed by atoms with Crippen molar-refractivity contribution < 1.29 is 4.79 Å². The van der Waals surface area contributed by atoms with Crippen molar-refractivity contribution in [1.82, 2.24) is 14.9 Å². The fraction of sp³-hybridized carbons (Fsp3) is 0.423. The number of hydrogen-bond acceptors (Lipinski definition) is 4. The fourth-order valence-electron chi connectivity index (χ4n) is 3.65. The molecule has 1 aliphatic heterocycles. The Bertz CT molecular complexity index is 755. The first-order valence-electron chi connectivity index (χ1n) is 11.3. The molecule has 1 saturated heterocycles. The van der Waals surface area contributed by atoms with Crippen LogP contribution in [0.4, 0.5) is 0 Å². The summed E-state index contributed by atoms with van der Waals surface area (Å²) >= 11 is 1.31. The van der Waals surface area contributed by atoms with E-state index in [2.05, 4.69) is 39.2 Å². The largest absolute Gasteiger partial charge is 0.314 e. The average molecular weight is 438 g/mol. The molecule has 5 heteroatoms. The van der Waals surface area contributed by atoms with Crippen LogP contribution in [0.25, 0.3) is 6.08 Å². The van der Waals surface area contributed by atoms with Crippen LogP contribution in [0.15, 0.2) is 66.7 Å². The van der Waals surface area contributed by atoms with Crippen molar-refractivity contribution in [3.8, 4) is 0 Å². The molecule has 0 unspecified atom stereocenters. The molecule has 0 spiro atoms. The molecule has 2 aromatic rings. The van der Waals surface area contributed by atoms with E-state index in [4.69, 9.17) is 0 Å². The number of rotatable bonds is 8. The zero-order chi connectivity index (χ0) is 21.7. The molecule has 31 heavy (non-hydrogen) atoms. The number of benzene rings is 2. The lowest BCUT2D eigenvalue weighted by Crippen LogP contribution is -2.37. The number of carbonyl (C=O) groups excluding carboxylic acids is 1. The number of amides is 1. The minimum Gasteiger partial charge on any atom is -0.314 e. The summed E-state index contributed by atoms with van der Waals surface area (Å²) in [6, 6.07) is 21.4. The summed E-state index contributed by atoms with van der Waals surface area (Å²) in [4.78, 5) is 14.0. The monoisotopic (exact) mass is 437 g/mol. The van der Waals surface area contributed by atoms with E-state index in [1.54, 1.807) is 6.08 Å². The van der Waals surface area contributed by atoms with Crippen molar-refractivity contribution in [1.29, 1.82) is 0 Å². The van der Waals surface area contributed by atoms with Gasteiger partial charge in [0.25, 0.3) is 5.91 Å². The van der Waals surface area contributed by atoms with E-state index >= 15 is 0 Å². The van der Waals surface area contributed by atoms with Crippen molar-refractivity contribution in [2.24, 2.45) is 5.92 Å². The molecule has 1 amide bonds. The van der Waals surface area contributed by atoms with Gasteiger partial charge >= 0.3 is 0 Å². The van der Waals surface area contributed by atoms with Gasteiger partial charge in [0.05, 0.1) is 0 Å². The van der Waals surface area contributed by atoms with Crippen LogP contribution in [-0.2, 0) is 11.3 Å². The van der Waals surface area contributed by atoms with Gasteiger partial charge in [-0.05, 0) is 68.4 Å². The highest BCUT2D eigenvalue weighted by Crippen LogP contribution is 2.22. The van der Waals surface area contributed by atoms with Crippen molar-refractivity contribution in [2.45, 2.75) is 38.3 Å². The van der Waals surface area contributed by atoms with Gasteiger partial charge in [-0.1, -0.05) is 72.6 Å². The molecule has 1 heterocycles. The Morgan fingerprint density at radius 2 is 1.61 bits per heavy atom. The van der Waals surface area contributed by atoms with Gasteiger partial charge in [0.1, 0.15) is 0 Å². The number of hydrogen-bond donors (Lipinski definition) is 2. The van der Waals surface area contributed by atoms with Crippen molar-refractivity contribution >= 4 is 23.9 Å². The second-order valence-corrected chi connectivity index (χ2v) is 8.91. The van der Waals surface area contributed by atoms with E-state index in [-0.39, 0.29) is 5.91 Å². The SMILES string of the molecule is CSNC(=O)/C=C/c1ccc(CN2CCC(CNC3CC3)CC2)cc1.c1ccccc1. The molecule has 2 N–H and O–H groups in total. The molecule has 4 nitrogen and oxygen atoms in total. The summed E-state index contributed by atoms with van der Waals surface area (Å²) in [5, 5.41) is 3.67. The molecule has 0 aromatic heterocycles. The highest BCUT2D eigenvalue weighted by molar-refractivity contribution is 7.97. The summed E-state index contributed by atoms with van der Waals surface area (Å²) in [6.45, 7) is 4.64. The molecular formula is C26H35N3OS. The maximum Gasteiger partial charge on any atom is 0.253 e. The summed E-state index contributed by atoms with van der Waals surface area (Å²) in [6.07, 6.45) is 10.7. The molecule has 0 radical (unpaired) electrons. The first-order chi connectivity index (χ1) is 15.2. The van der Waals surface area contributed by atoms with Crippen LogP contribution >= 0.6 is 11.9 Å². The van der Waals surface area contributed by atoms with Gasteiger partial charge in [-0.3, -0.25) is 14.4 Å². The Morgan fingerprint density at radius 1 is 1.00 bits per heavy atom. The molecule has 0 atom stereocenters. The van der Waals surface area contributed by atoms with Gasteiger partial charge in [-0.2, -0.15) is 0 Å². The first kappa shape index (κ1) is 23.6. The maximum atomic E-state index is 11.4. The second kappa shape index (κ2) is 13.4. The molecule has 1 aliphatic carbocycles. The molecular weight excluding hydrogens is 402 g/mol. The number of nitrogens with zero attached hydrogens (tertiary/aromatic N) is 1. The van der Waals surface area contributed by atoms with E-state index in [0.29, 0.717) is 0 Å². The van der Waals surface area contributed by atoms with Crippen molar-refractivity contribution in [3.63, 3.8) is 0 Å². The molecule has 0 bridgehead atoms. The summed E-state index contributed by atoms with van der Waals surface area (Å²) in [5.41, 5.74) is 2.41. The van der Waals surface area contributed by atoms with Crippen molar-refractivity contribution in [2.75, 3.05) is 25.9 Å². The average Bonchev–Trinajstić information content (AvgIpc) is 3.65. The quantitative estimate of drug-likeness (QED) is 0.462. The Kier molecular flexibility index (Phi) is 10.2. The molecule has 2 aromatic carbocycles. The number of carbonyl (C=O) groups is 1. The van der Waals surface area contributed by atoms with E-state index in [1.807, 2.05) is 48.7 Å². The third-order valence-electron chi connectivity index (χ3n) is 5.66. The van der Waals surface area contributed by atoms with E-state index in [0.717, 1.165) is 24.1 Å². The van der Waals surface area contributed by atoms with Crippen LogP contribution in [0, 0.1) is 5.92 Å². The lowest BCUT2D eigenvalue weighted by Gasteiger charge is -2.32. The van der Waals surface area contributed by atoms with Crippen LogP contribution in [0.1, 0.15) is 36.8 Å². The van der Waals surface area contributed by atoms with E-state index in [1.165, 1.54) is 62.8 Å². The van der Waals surface area contributed by atoms with Crippen LogP contribution < -0.4 is 10.0 Å². The summed E-state index contributed by atoms with van der Waals surface area (Å²) < 4.78 is 2.68. The Morgan fingerprint density at radius 3 is 2.16 bits per heavy atom. The summed E-state index contributed by atoms with van der Waals surface area (Å²) in [7, 11) is 0. The minimum atomic E-state index is -0.0735. The minimum absolute atomic E-state index is 0.0735. The summed E-state index contributed by atoms with van der Waals surface area (Å²) in [5.74, 6) is 0.785. The zero-order valence-corrected chi connectivity index (χ0v) is 19.3. The van der Waals surface area contributed by atoms with Gasteiger partial charge in [0, 0.05) is 24.9 Å². The Balaban J connectivity index is 0.000000391. The van der Waals surface area contributed by atoms with Gasteiger partial charge in [-0.25, -0.2) is 0 Å². The standard InChI is InChI=1S/C20H29N3OS.C6H6/c1-25-22-20(24)9-6-16-2-4-18(5-3-16)15-23-12-10-17(11-13-23)14-21-19-7-8-19;1-2-4-6-5-3-1/h2-6,9,17,19,21H,7-8,10-15H2,1H3,(H,22,24);1-6H/b9-6+;. The van der Waals surface area contributed by atoms with Crippen LogP contribution in [0.5, 0.6) is 0 Å². The Labute approximate surface area is 191 Å². The van der Waals surface area contributed by atoms with Gasteiger partial charge in [0.15, 0.2) is 0 Å². The second-order valence-electron chi connectivity index (χ2n) is 8.30.